The zero-order valence-corrected chi connectivity index (χ0v) is 23.1. The number of fused-ring (bicyclic) bond motifs is 2. The molecule has 0 aliphatic carbocycles. The SMILES string of the molecule is CC(N1CCC(N2c3ccccc3CSc3ccccc32)CC1)N(Cc1ccccc1)Cc1ccccc1. The Morgan fingerprint density at radius 2 is 1.26 bits per heavy atom. The number of anilines is 2. The lowest BCUT2D eigenvalue weighted by atomic mass is 9.99. The van der Waals surface area contributed by atoms with Crippen LogP contribution in [0.25, 0.3) is 0 Å². The molecule has 4 aromatic rings. The van der Waals surface area contributed by atoms with Gasteiger partial charge >= 0.3 is 0 Å². The molecule has 1 saturated heterocycles. The van der Waals surface area contributed by atoms with Gasteiger partial charge in [-0.3, -0.25) is 9.80 Å². The Morgan fingerprint density at radius 1 is 0.711 bits per heavy atom. The molecule has 3 nitrogen and oxygen atoms in total. The molecule has 2 aliphatic rings. The molecule has 0 spiro atoms. The highest BCUT2D eigenvalue weighted by molar-refractivity contribution is 7.98. The molecule has 1 fully saturated rings. The van der Waals surface area contributed by atoms with E-state index in [1.807, 2.05) is 11.8 Å². The van der Waals surface area contributed by atoms with Crippen LogP contribution in [0.2, 0.25) is 0 Å². The highest BCUT2D eigenvalue weighted by Crippen LogP contribution is 2.44. The van der Waals surface area contributed by atoms with Crippen molar-refractivity contribution in [2.24, 2.45) is 0 Å². The van der Waals surface area contributed by atoms with E-state index in [1.54, 1.807) is 0 Å². The Kier molecular flexibility index (Phi) is 7.82. The first kappa shape index (κ1) is 25.2. The first-order valence-corrected chi connectivity index (χ1v) is 14.9. The summed E-state index contributed by atoms with van der Waals surface area (Å²) < 4.78 is 0. The van der Waals surface area contributed by atoms with E-state index in [0.717, 1.165) is 31.9 Å². The third-order valence-electron chi connectivity index (χ3n) is 8.14. The van der Waals surface area contributed by atoms with Gasteiger partial charge in [-0.05, 0) is 54.7 Å². The van der Waals surface area contributed by atoms with Gasteiger partial charge in [0.15, 0.2) is 0 Å². The molecule has 2 aliphatic heterocycles. The summed E-state index contributed by atoms with van der Waals surface area (Å²) in [5.41, 5.74) is 6.97. The average Bonchev–Trinajstić information content (AvgIpc) is 3.15. The molecular formula is C34H37N3S. The Labute approximate surface area is 232 Å². The van der Waals surface area contributed by atoms with Crippen molar-refractivity contribution in [2.45, 2.75) is 55.7 Å². The number of hydrogen-bond donors (Lipinski definition) is 0. The minimum Gasteiger partial charge on any atom is -0.337 e. The number of thioether (sulfide) groups is 1. The van der Waals surface area contributed by atoms with Crippen LogP contribution in [0.4, 0.5) is 11.4 Å². The molecule has 194 valence electrons. The predicted octanol–water partition coefficient (Wildman–Crippen LogP) is 7.94. The minimum absolute atomic E-state index is 0.371. The Hall–Kier alpha value is -3.05. The molecule has 1 atom stereocenters. The molecule has 0 radical (unpaired) electrons. The molecule has 0 amide bonds. The summed E-state index contributed by atoms with van der Waals surface area (Å²) in [6.07, 6.45) is 2.71. The summed E-state index contributed by atoms with van der Waals surface area (Å²) in [5, 5.41) is 0. The van der Waals surface area contributed by atoms with Crippen molar-refractivity contribution in [1.29, 1.82) is 0 Å². The average molecular weight is 520 g/mol. The smallest absolute Gasteiger partial charge is 0.0599 e. The van der Waals surface area contributed by atoms with E-state index < -0.39 is 0 Å². The number of rotatable bonds is 7. The standard InChI is InChI=1S/C34H37N3S/c1-27(36(24-28-12-4-2-5-13-28)25-29-14-6-3-7-15-29)35-22-20-31(21-23-35)37-32-17-9-8-16-30(32)26-38-34-19-11-10-18-33(34)37/h2-19,27,31H,20-26H2,1H3. The molecule has 0 saturated carbocycles. The third kappa shape index (κ3) is 5.54. The number of nitrogens with zero attached hydrogens (tertiary/aromatic N) is 3. The van der Waals surface area contributed by atoms with Crippen molar-refractivity contribution in [2.75, 3.05) is 18.0 Å². The zero-order valence-electron chi connectivity index (χ0n) is 22.2. The Balaban J connectivity index is 1.21. The number of benzene rings is 4. The Morgan fingerprint density at radius 3 is 1.92 bits per heavy atom. The molecule has 1 unspecified atom stereocenters. The molecule has 6 rings (SSSR count). The molecule has 0 N–H and O–H groups in total. The van der Waals surface area contributed by atoms with Gasteiger partial charge in [0.2, 0.25) is 0 Å². The fourth-order valence-corrected chi connectivity index (χ4v) is 7.07. The maximum absolute atomic E-state index is 2.70. The van der Waals surface area contributed by atoms with Crippen LogP contribution in [0.5, 0.6) is 0 Å². The molecule has 0 aromatic heterocycles. The second-order valence-electron chi connectivity index (χ2n) is 10.5. The van der Waals surface area contributed by atoms with Crippen molar-refractivity contribution < 1.29 is 0 Å². The van der Waals surface area contributed by atoms with Crippen molar-refractivity contribution in [3.8, 4) is 0 Å². The van der Waals surface area contributed by atoms with E-state index in [4.69, 9.17) is 0 Å². The molecule has 38 heavy (non-hydrogen) atoms. The summed E-state index contributed by atoms with van der Waals surface area (Å²) in [6.45, 7) is 6.54. The quantitative estimate of drug-likeness (QED) is 0.245. The number of piperidine rings is 1. The summed E-state index contributed by atoms with van der Waals surface area (Å²) in [5.74, 6) is 1.04. The van der Waals surface area contributed by atoms with E-state index in [1.165, 1.54) is 45.8 Å². The molecule has 0 bridgehead atoms. The normalized spacial score (nSPS) is 17.1. The fourth-order valence-electron chi connectivity index (χ4n) is 6.03. The fraction of sp³-hybridized carbons (Fsp3) is 0.294. The van der Waals surface area contributed by atoms with Gasteiger partial charge in [-0.25, -0.2) is 0 Å². The molecule has 4 aromatic carbocycles. The number of likely N-dealkylation sites (tertiary alicyclic amines) is 1. The number of para-hydroxylation sites is 2. The highest BCUT2D eigenvalue weighted by Gasteiger charge is 2.32. The van der Waals surface area contributed by atoms with Gasteiger partial charge in [0.1, 0.15) is 0 Å². The van der Waals surface area contributed by atoms with Crippen LogP contribution in [0, 0.1) is 0 Å². The van der Waals surface area contributed by atoms with Gasteiger partial charge in [-0.15, -0.1) is 11.8 Å². The lowest BCUT2D eigenvalue weighted by Crippen LogP contribution is -2.51. The summed E-state index contributed by atoms with van der Waals surface area (Å²) >= 11 is 1.97. The third-order valence-corrected chi connectivity index (χ3v) is 9.25. The van der Waals surface area contributed by atoms with Crippen molar-refractivity contribution in [3.05, 3.63) is 126 Å². The lowest BCUT2D eigenvalue weighted by molar-refractivity contribution is 0.0267. The van der Waals surface area contributed by atoms with Crippen molar-refractivity contribution >= 4 is 23.1 Å². The first-order chi connectivity index (χ1) is 18.8. The van der Waals surface area contributed by atoms with Crippen LogP contribution in [-0.2, 0) is 18.8 Å². The van der Waals surface area contributed by atoms with Crippen LogP contribution in [0.15, 0.2) is 114 Å². The maximum atomic E-state index is 2.70. The van der Waals surface area contributed by atoms with Gasteiger partial charge in [-0.2, -0.15) is 0 Å². The van der Waals surface area contributed by atoms with E-state index in [0.29, 0.717) is 12.2 Å². The molecule has 2 heterocycles. The minimum atomic E-state index is 0.371. The first-order valence-electron chi connectivity index (χ1n) is 13.9. The van der Waals surface area contributed by atoms with Gasteiger partial charge in [0.05, 0.1) is 11.9 Å². The summed E-state index contributed by atoms with van der Waals surface area (Å²) in [4.78, 5) is 9.40. The second kappa shape index (κ2) is 11.8. The van der Waals surface area contributed by atoms with E-state index in [9.17, 15) is 0 Å². The summed E-state index contributed by atoms with van der Waals surface area (Å²) in [7, 11) is 0. The van der Waals surface area contributed by atoms with E-state index in [-0.39, 0.29) is 0 Å². The van der Waals surface area contributed by atoms with Crippen LogP contribution >= 0.6 is 11.8 Å². The van der Waals surface area contributed by atoms with E-state index >= 15 is 0 Å². The maximum Gasteiger partial charge on any atom is 0.0599 e. The Bertz CT molecular complexity index is 1230. The van der Waals surface area contributed by atoms with Gasteiger partial charge < -0.3 is 4.90 Å². The molecule has 4 heteroatoms. The van der Waals surface area contributed by atoms with Gasteiger partial charge in [0.25, 0.3) is 0 Å². The number of hydrogen-bond acceptors (Lipinski definition) is 4. The predicted molar refractivity (Wildman–Crippen MR) is 161 cm³/mol. The van der Waals surface area contributed by atoms with Crippen molar-refractivity contribution in [1.82, 2.24) is 9.80 Å². The van der Waals surface area contributed by atoms with E-state index in [2.05, 4.69) is 131 Å². The zero-order chi connectivity index (χ0) is 25.7. The van der Waals surface area contributed by atoms with Gasteiger partial charge in [-0.1, -0.05) is 91.0 Å². The van der Waals surface area contributed by atoms with Gasteiger partial charge in [0, 0.05) is 48.6 Å². The monoisotopic (exact) mass is 519 g/mol. The molecular weight excluding hydrogens is 482 g/mol. The van der Waals surface area contributed by atoms with Crippen LogP contribution in [0.1, 0.15) is 36.5 Å². The largest absolute Gasteiger partial charge is 0.337 e. The van der Waals surface area contributed by atoms with Crippen LogP contribution in [0.3, 0.4) is 0 Å². The lowest BCUT2D eigenvalue weighted by Gasteiger charge is -2.44. The van der Waals surface area contributed by atoms with Crippen molar-refractivity contribution in [3.63, 3.8) is 0 Å². The second-order valence-corrected chi connectivity index (χ2v) is 11.5. The van der Waals surface area contributed by atoms with Crippen LogP contribution < -0.4 is 4.90 Å². The highest BCUT2D eigenvalue weighted by atomic mass is 32.2. The summed E-state index contributed by atoms with van der Waals surface area (Å²) in [6, 6.07) is 40.4. The van der Waals surface area contributed by atoms with Crippen LogP contribution in [-0.4, -0.2) is 35.1 Å². The topological polar surface area (TPSA) is 9.72 Å².